The molecule has 0 bridgehead atoms. The number of amides is 1. The second-order valence-corrected chi connectivity index (χ2v) is 9.53. The van der Waals surface area contributed by atoms with Gasteiger partial charge in [-0.3, -0.25) is 4.79 Å². The molecular formula is C22H24N4O2S2. The van der Waals surface area contributed by atoms with Crippen molar-refractivity contribution >= 4 is 39.8 Å². The third kappa shape index (κ3) is 4.76. The second kappa shape index (κ2) is 9.49. The van der Waals surface area contributed by atoms with Crippen LogP contribution in [0.4, 0.5) is 10.8 Å². The van der Waals surface area contributed by atoms with Gasteiger partial charge in [-0.15, -0.1) is 10.2 Å². The highest BCUT2D eigenvalue weighted by molar-refractivity contribution is 8.02. The molecule has 30 heavy (non-hydrogen) atoms. The van der Waals surface area contributed by atoms with E-state index in [1.54, 1.807) is 0 Å². The van der Waals surface area contributed by atoms with Gasteiger partial charge in [0, 0.05) is 13.1 Å². The lowest BCUT2D eigenvalue weighted by molar-refractivity contribution is -0.131. The number of fused-ring (bicyclic) bond motifs is 1. The minimum Gasteiger partial charge on any atom is -0.492 e. The lowest BCUT2D eigenvalue weighted by Crippen LogP contribution is -2.40. The van der Waals surface area contributed by atoms with Crippen molar-refractivity contribution in [2.24, 2.45) is 0 Å². The maximum atomic E-state index is 13.0. The van der Waals surface area contributed by atoms with Crippen LogP contribution in [0.3, 0.4) is 0 Å². The molecule has 156 valence electrons. The Hall–Kier alpha value is -2.58. The number of thioether (sulfide) groups is 1. The number of nitrogens with zero attached hydrogens (tertiary/aromatic N) is 3. The normalized spacial score (nSPS) is 14.1. The average molecular weight is 441 g/mol. The molecule has 0 radical (unpaired) electrons. The van der Waals surface area contributed by atoms with Crippen LogP contribution in [-0.4, -0.2) is 39.4 Å². The second-order valence-electron chi connectivity index (χ2n) is 6.97. The molecular weight excluding hydrogens is 416 g/mol. The average Bonchev–Trinajstić information content (AvgIpc) is 3.21. The summed E-state index contributed by atoms with van der Waals surface area (Å²) >= 11 is 2.89. The molecule has 0 saturated heterocycles. The van der Waals surface area contributed by atoms with Crippen molar-refractivity contribution < 1.29 is 9.53 Å². The zero-order valence-corrected chi connectivity index (χ0v) is 18.6. The molecule has 1 aliphatic heterocycles. The van der Waals surface area contributed by atoms with Gasteiger partial charge < -0.3 is 15.0 Å². The molecule has 1 atom stereocenters. The van der Waals surface area contributed by atoms with Crippen LogP contribution in [0.15, 0.2) is 52.9 Å². The molecule has 1 aliphatic rings. The number of carbonyl (C=O) groups is 1. The third-order valence-electron chi connectivity index (χ3n) is 4.90. The molecule has 1 aromatic heterocycles. The number of para-hydroxylation sites is 2. The SMILES string of the molecule is CCOc1ccccc1Nc1nnc(SC(C)C(=O)N2CCc3ccccc3C2)s1. The maximum absolute atomic E-state index is 13.0. The smallest absolute Gasteiger partial charge is 0.236 e. The number of carbonyl (C=O) groups excluding carboxylic acids is 1. The number of ether oxygens (including phenoxy) is 1. The summed E-state index contributed by atoms with van der Waals surface area (Å²) in [5, 5.41) is 12.2. The Morgan fingerprint density at radius 1 is 1.20 bits per heavy atom. The molecule has 2 aromatic carbocycles. The summed E-state index contributed by atoms with van der Waals surface area (Å²) in [6.45, 7) is 5.92. The summed E-state index contributed by atoms with van der Waals surface area (Å²) in [5.74, 6) is 0.916. The van der Waals surface area contributed by atoms with Crippen molar-refractivity contribution in [2.45, 2.75) is 36.4 Å². The minimum atomic E-state index is -0.216. The molecule has 0 fully saturated rings. The van der Waals surface area contributed by atoms with Gasteiger partial charge in [-0.25, -0.2) is 0 Å². The standard InChI is InChI=1S/C22H24N4O2S2/c1-3-28-19-11-7-6-10-18(19)23-21-24-25-22(30-21)29-15(2)20(27)26-13-12-16-8-4-5-9-17(16)14-26/h4-11,15H,3,12-14H2,1-2H3,(H,23,24). The van der Waals surface area contributed by atoms with E-state index in [9.17, 15) is 4.79 Å². The zero-order valence-electron chi connectivity index (χ0n) is 17.0. The van der Waals surface area contributed by atoms with Gasteiger partial charge in [0.2, 0.25) is 11.0 Å². The van der Waals surface area contributed by atoms with E-state index >= 15 is 0 Å². The number of nitrogens with one attached hydrogen (secondary N) is 1. The lowest BCUT2D eigenvalue weighted by Gasteiger charge is -2.30. The third-order valence-corrected chi connectivity index (χ3v) is 6.91. The first-order chi connectivity index (χ1) is 14.6. The topological polar surface area (TPSA) is 67.3 Å². The fourth-order valence-corrected chi connectivity index (χ4v) is 5.41. The number of hydrogen-bond donors (Lipinski definition) is 1. The van der Waals surface area contributed by atoms with Gasteiger partial charge >= 0.3 is 0 Å². The summed E-state index contributed by atoms with van der Waals surface area (Å²) in [4.78, 5) is 14.9. The van der Waals surface area contributed by atoms with E-state index in [1.165, 1.54) is 34.2 Å². The first-order valence-corrected chi connectivity index (χ1v) is 11.7. The van der Waals surface area contributed by atoms with Gasteiger partial charge in [-0.2, -0.15) is 0 Å². The van der Waals surface area contributed by atoms with Crippen LogP contribution in [-0.2, 0) is 17.8 Å². The van der Waals surface area contributed by atoms with E-state index in [0.717, 1.165) is 28.7 Å². The summed E-state index contributed by atoms with van der Waals surface area (Å²) in [5.41, 5.74) is 3.43. The van der Waals surface area contributed by atoms with E-state index in [-0.39, 0.29) is 11.2 Å². The van der Waals surface area contributed by atoms with Gasteiger partial charge in [0.15, 0.2) is 4.34 Å². The van der Waals surface area contributed by atoms with Gasteiger partial charge in [-0.05, 0) is 43.5 Å². The van der Waals surface area contributed by atoms with Crippen LogP contribution in [0.2, 0.25) is 0 Å². The van der Waals surface area contributed by atoms with Crippen molar-refractivity contribution in [3.63, 3.8) is 0 Å². The Kier molecular flexibility index (Phi) is 6.54. The molecule has 2 heterocycles. The molecule has 1 N–H and O–H groups in total. The summed E-state index contributed by atoms with van der Waals surface area (Å²) in [6.07, 6.45) is 0.908. The van der Waals surface area contributed by atoms with Crippen LogP contribution < -0.4 is 10.1 Å². The molecule has 0 aliphatic carbocycles. The Labute approximate surface area is 184 Å². The molecule has 0 saturated carbocycles. The van der Waals surface area contributed by atoms with E-state index in [1.807, 2.05) is 49.1 Å². The first-order valence-electron chi connectivity index (χ1n) is 9.98. The van der Waals surface area contributed by atoms with Crippen LogP contribution in [0.25, 0.3) is 0 Å². The van der Waals surface area contributed by atoms with Crippen molar-refractivity contribution in [1.82, 2.24) is 15.1 Å². The molecule has 4 rings (SSSR count). The van der Waals surface area contributed by atoms with E-state index in [4.69, 9.17) is 4.74 Å². The highest BCUT2D eigenvalue weighted by Crippen LogP contribution is 2.34. The maximum Gasteiger partial charge on any atom is 0.236 e. The van der Waals surface area contributed by atoms with Crippen LogP contribution in [0.1, 0.15) is 25.0 Å². The summed E-state index contributed by atoms with van der Waals surface area (Å²) < 4.78 is 6.41. The zero-order chi connectivity index (χ0) is 20.9. The fraction of sp³-hybridized carbons (Fsp3) is 0.318. The molecule has 1 unspecified atom stereocenters. The molecule has 8 heteroatoms. The van der Waals surface area contributed by atoms with E-state index in [2.05, 4.69) is 33.7 Å². The lowest BCUT2D eigenvalue weighted by atomic mass is 10.00. The molecule has 3 aromatic rings. The summed E-state index contributed by atoms with van der Waals surface area (Å²) in [7, 11) is 0. The minimum absolute atomic E-state index is 0.140. The molecule has 6 nitrogen and oxygen atoms in total. The highest BCUT2D eigenvalue weighted by atomic mass is 32.2. The first kappa shape index (κ1) is 20.7. The van der Waals surface area contributed by atoms with E-state index < -0.39 is 0 Å². The number of rotatable bonds is 7. The van der Waals surface area contributed by atoms with Gasteiger partial charge in [0.05, 0.1) is 17.5 Å². The predicted molar refractivity (Wildman–Crippen MR) is 122 cm³/mol. The van der Waals surface area contributed by atoms with Crippen molar-refractivity contribution in [2.75, 3.05) is 18.5 Å². The van der Waals surface area contributed by atoms with E-state index in [0.29, 0.717) is 18.3 Å². The quantitative estimate of drug-likeness (QED) is 0.535. The highest BCUT2D eigenvalue weighted by Gasteiger charge is 2.26. The number of hydrogen-bond acceptors (Lipinski definition) is 7. The largest absolute Gasteiger partial charge is 0.492 e. The van der Waals surface area contributed by atoms with Gasteiger partial charge in [-0.1, -0.05) is 59.5 Å². The Morgan fingerprint density at radius 2 is 1.97 bits per heavy atom. The van der Waals surface area contributed by atoms with Gasteiger partial charge in [0.1, 0.15) is 5.75 Å². The molecule has 0 spiro atoms. The monoisotopic (exact) mass is 440 g/mol. The predicted octanol–water partition coefficient (Wildman–Crippen LogP) is 4.75. The van der Waals surface area contributed by atoms with Gasteiger partial charge in [0.25, 0.3) is 0 Å². The van der Waals surface area contributed by atoms with Crippen LogP contribution in [0.5, 0.6) is 5.75 Å². The van der Waals surface area contributed by atoms with Crippen LogP contribution >= 0.6 is 23.1 Å². The number of benzene rings is 2. The molecule has 1 amide bonds. The Balaban J connectivity index is 1.37. The van der Waals surface area contributed by atoms with Crippen LogP contribution in [0, 0.1) is 0 Å². The van der Waals surface area contributed by atoms with Crippen molar-refractivity contribution in [3.05, 3.63) is 59.7 Å². The Bertz CT molecular complexity index is 1020. The number of aromatic nitrogens is 2. The number of anilines is 2. The van der Waals surface area contributed by atoms with Crippen molar-refractivity contribution in [1.29, 1.82) is 0 Å². The van der Waals surface area contributed by atoms with Crippen molar-refractivity contribution in [3.8, 4) is 5.75 Å². The fourth-order valence-electron chi connectivity index (χ4n) is 3.42. The Morgan fingerprint density at radius 3 is 2.80 bits per heavy atom. The summed E-state index contributed by atoms with van der Waals surface area (Å²) in [6, 6.07) is 16.1.